The van der Waals surface area contributed by atoms with Crippen LogP contribution in [0.1, 0.15) is 226 Å². The number of hydrogen-bond donors (Lipinski definition) is 1. The average molecular weight is 709 g/mol. The number of rotatable bonds is 42. The molecule has 50 heavy (non-hydrogen) atoms. The highest BCUT2D eigenvalue weighted by atomic mass is 16.6. The van der Waals surface area contributed by atoms with Gasteiger partial charge >= 0.3 is 5.97 Å². The summed E-state index contributed by atoms with van der Waals surface area (Å²) in [5, 5.41) is 3.08. The first-order valence-electron chi connectivity index (χ1n) is 22.3. The third-order valence-corrected chi connectivity index (χ3v) is 10.1. The van der Waals surface area contributed by atoms with E-state index in [0.29, 0.717) is 32.7 Å². The van der Waals surface area contributed by atoms with E-state index < -0.39 is 0 Å². The lowest BCUT2D eigenvalue weighted by Crippen LogP contribution is -2.29. The second kappa shape index (κ2) is 42.3. The molecule has 0 spiro atoms. The van der Waals surface area contributed by atoms with Gasteiger partial charge in [0.05, 0.1) is 13.2 Å². The molecule has 6 heteroatoms. The molecule has 0 unspecified atom stereocenters. The molecule has 0 aromatic rings. The van der Waals surface area contributed by atoms with Gasteiger partial charge in [0.1, 0.15) is 6.61 Å². The Kier molecular flexibility index (Phi) is 41.3. The van der Waals surface area contributed by atoms with Crippen LogP contribution in [0, 0.1) is 0 Å². The molecule has 0 radical (unpaired) electrons. The topological polar surface area (TPSA) is 67.9 Å². The number of carbonyl (C=O) groups excluding carboxylic acids is 2. The first kappa shape index (κ1) is 48.9. The van der Waals surface area contributed by atoms with Crippen LogP contribution in [-0.2, 0) is 19.1 Å². The molecule has 298 valence electrons. The molecule has 0 atom stereocenters. The quantitative estimate of drug-likeness (QED) is 0.0505. The van der Waals surface area contributed by atoms with Gasteiger partial charge in [-0.25, -0.2) is 0 Å². The molecule has 0 heterocycles. The fourth-order valence-electron chi connectivity index (χ4n) is 6.68. The summed E-state index contributed by atoms with van der Waals surface area (Å²) in [6.45, 7) is 8.47. The summed E-state index contributed by atoms with van der Waals surface area (Å²) in [6, 6.07) is 0. The zero-order chi connectivity index (χ0) is 36.4. The van der Waals surface area contributed by atoms with E-state index in [9.17, 15) is 9.59 Å². The number of amides is 1. The molecular weight excluding hydrogens is 620 g/mol. The van der Waals surface area contributed by atoms with Crippen LogP contribution in [0.2, 0.25) is 0 Å². The van der Waals surface area contributed by atoms with E-state index in [-0.39, 0.29) is 11.9 Å². The minimum absolute atomic E-state index is 0.0953. The van der Waals surface area contributed by atoms with Crippen molar-refractivity contribution < 1.29 is 19.1 Å². The molecule has 1 N–H and O–H groups in total. The van der Waals surface area contributed by atoms with Crippen LogP contribution in [0.4, 0.5) is 0 Å². The van der Waals surface area contributed by atoms with Gasteiger partial charge in [-0.15, -0.1) is 0 Å². The molecule has 0 bridgehead atoms. The average Bonchev–Trinajstić information content (AvgIpc) is 3.11. The maximum atomic E-state index is 12.1. The fourth-order valence-corrected chi connectivity index (χ4v) is 6.68. The van der Waals surface area contributed by atoms with Crippen molar-refractivity contribution in [2.24, 2.45) is 0 Å². The number of unbranched alkanes of at least 4 members (excludes halogenated alkanes) is 28. The Morgan fingerprint density at radius 3 is 1.24 bits per heavy atom. The van der Waals surface area contributed by atoms with Crippen molar-refractivity contribution >= 4 is 11.9 Å². The lowest BCUT2D eigenvalue weighted by Gasteiger charge is -2.16. The van der Waals surface area contributed by atoms with Gasteiger partial charge in [0, 0.05) is 25.9 Å². The summed E-state index contributed by atoms with van der Waals surface area (Å²) in [5.74, 6) is 0.0989. The zero-order valence-corrected chi connectivity index (χ0v) is 34.2. The van der Waals surface area contributed by atoms with Gasteiger partial charge in [-0.2, -0.15) is 0 Å². The number of nitrogens with zero attached hydrogens (tertiary/aromatic N) is 1. The summed E-state index contributed by atoms with van der Waals surface area (Å²) < 4.78 is 11.0. The smallest absolute Gasteiger partial charge is 0.305 e. The van der Waals surface area contributed by atoms with Crippen molar-refractivity contribution in [2.45, 2.75) is 226 Å². The summed E-state index contributed by atoms with van der Waals surface area (Å²) in [4.78, 5) is 26.3. The summed E-state index contributed by atoms with van der Waals surface area (Å²) >= 11 is 0. The molecule has 0 aromatic carbocycles. The zero-order valence-electron chi connectivity index (χ0n) is 34.2. The van der Waals surface area contributed by atoms with Crippen LogP contribution in [-0.4, -0.2) is 63.3 Å². The van der Waals surface area contributed by atoms with Crippen molar-refractivity contribution in [1.82, 2.24) is 10.2 Å². The van der Waals surface area contributed by atoms with Gasteiger partial charge in [-0.3, -0.25) is 9.59 Å². The predicted octanol–water partition coefficient (Wildman–Crippen LogP) is 12.5. The largest absolute Gasteiger partial charge is 0.463 e. The van der Waals surface area contributed by atoms with Crippen molar-refractivity contribution in [1.29, 1.82) is 0 Å². The number of carbonyl (C=O) groups is 2. The molecule has 0 rings (SSSR count). The second-order valence-electron chi connectivity index (χ2n) is 15.2. The third-order valence-electron chi connectivity index (χ3n) is 10.1. The highest BCUT2D eigenvalue weighted by Crippen LogP contribution is 2.15. The van der Waals surface area contributed by atoms with Gasteiger partial charge in [0.25, 0.3) is 0 Å². The van der Waals surface area contributed by atoms with Crippen LogP contribution in [0.25, 0.3) is 0 Å². The van der Waals surface area contributed by atoms with Crippen LogP contribution in [0.5, 0.6) is 0 Å². The van der Waals surface area contributed by atoms with Gasteiger partial charge < -0.3 is 19.7 Å². The first-order valence-corrected chi connectivity index (χ1v) is 22.3. The monoisotopic (exact) mass is 709 g/mol. The molecule has 0 aromatic heterocycles. The molecule has 0 saturated heterocycles. The van der Waals surface area contributed by atoms with Gasteiger partial charge in [0.2, 0.25) is 5.91 Å². The molecule has 1 amide bonds. The van der Waals surface area contributed by atoms with E-state index in [1.54, 1.807) is 0 Å². The van der Waals surface area contributed by atoms with Gasteiger partial charge in [-0.1, -0.05) is 194 Å². The minimum Gasteiger partial charge on any atom is -0.463 e. The standard InChI is InChI=1S/C44H88N2O4/c1-4-6-8-10-12-14-16-18-20-22-24-26-28-30-32-35-43(47)45-37-34-38-46(3)39-40-49-41-42-50-44(48)36-33-31-29-27-25-23-21-19-17-15-13-11-9-7-5-2/h4-42H2,1-3H3,(H,45,47). The van der Waals surface area contributed by atoms with Crippen LogP contribution >= 0.6 is 0 Å². The molecule has 0 fully saturated rings. The molecule has 0 aliphatic rings. The molecule has 0 aliphatic heterocycles. The molecular formula is C44H88N2O4. The lowest BCUT2D eigenvalue weighted by atomic mass is 10.0. The minimum atomic E-state index is -0.0953. The van der Waals surface area contributed by atoms with Crippen molar-refractivity contribution in [3.8, 4) is 0 Å². The second-order valence-corrected chi connectivity index (χ2v) is 15.2. The predicted molar refractivity (Wildman–Crippen MR) is 216 cm³/mol. The molecule has 6 nitrogen and oxygen atoms in total. The highest BCUT2D eigenvalue weighted by molar-refractivity contribution is 5.75. The lowest BCUT2D eigenvalue weighted by molar-refractivity contribution is -0.145. The fraction of sp³-hybridized carbons (Fsp3) is 0.955. The van der Waals surface area contributed by atoms with E-state index in [1.807, 2.05) is 0 Å². The Balaban J connectivity index is 3.33. The Bertz CT molecular complexity index is 689. The van der Waals surface area contributed by atoms with Crippen molar-refractivity contribution in [3.05, 3.63) is 0 Å². The van der Waals surface area contributed by atoms with Crippen LogP contribution in [0.15, 0.2) is 0 Å². The van der Waals surface area contributed by atoms with E-state index >= 15 is 0 Å². The Morgan fingerprint density at radius 2 is 0.820 bits per heavy atom. The summed E-state index contributed by atoms with van der Waals surface area (Å²) in [5.41, 5.74) is 0. The SMILES string of the molecule is CCCCCCCCCCCCCCCCCC(=O)NCCCN(C)CCOCCOC(=O)CCCCCCCCCCCCCCCCC. The van der Waals surface area contributed by atoms with Crippen molar-refractivity contribution in [3.63, 3.8) is 0 Å². The van der Waals surface area contributed by atoms with E-state index in [0.717, 1.165) is 45.3 Å². The first-order chi connectivity index (χ1) is 24.6. The number of ether oxygens (including phenoxy) is 2. The van der Waals surface area contributed by atoms with E-state index in [2.05, 4.69) is 31.1 Å². The normalized spacial score (nSPS) is 11.4. The Morgan fingerprint density at radius 1 is 0.440 bits per heavy atom. The van der Waals surface area contributed by atoms with Crippen LogP contribution in [0.3, 0.4) is 0 Å². The number of esters is 1. The maximum absolute atomic E-state index is 12.1. The maximum Gasteiger partial charge on any atom is 0.305 e. The summed E-state index contributed by atoms with van der Waals surface area (Å²) in [6.07, 6.45) is 42.3. The molecule has 0 aliphatic carbocycles. The summed E-state index contributed by atoms with van der Waals surface area (Å²) in [7, 11) is 2.08. The van der Waals surface area contributed by atoms with Gasteiger partial charge in [0.15, 0.2) is 0 Å². The van der Waals surface area contributed by atoms with E-state index in [1.165, 1.54) is 173 Å². The molecule has 0 saturated carbocycles. The van der Waals surface area contributed by atoms with E-state index in [4.69, 9.17) is 9.47 Å². The van der Waals surface area contributed by atoms with Crippen molar-refractivity contribution in [2.75, 3.05) is 46.5 Å². The number of likely N-dealkylation sites (N-methyl/N-ethyl adjacent to an activating group) is 1. The number of nitrogens with one attached hydrogen (secondary N) is 1. The number of hydrogen-bond acceptors (Lipinski definition) is 5. The van der Waals surface area contributed by atoms with Crippen LogP contribution < -0.4 is 5.32 Å². The van der Waals surface area contributed by atoms with Gasteiger partial charge in [-0.05, 0) is 32.9 Å². The Labute approximate surface area is 312 Å². The highest BCUT2D eigenvalue weighted by Gasteiger charge is 2.05. The Hall–Kier alpha value is -1.14. The third kappa shape index (κ3) is 41.3.